The topological polar surface area (TPSA) is 71.0 Å². The highest BCUT2D eigenvalue weighted by atomic mass is 16.5. The lowest BCUT2D eigenvalue weighted by molar-refractivity contribution is -0.130. The van der Waals surface area contributed by atoms with Crippen LogP contribution in [0.15, 0.2) is 29.4 Å². The Kier molecular flexibility index (Phi) is 3.60. The van der Waals surface area contributed by atoms with E-state index in [1.807, 2.05) is 24.3 Å². The van der Waals surface area contributed by atoms with Gasteiger partial charge in [0.2, 0.25) is 5.91 Å². The van der Waals surface area contributed by atoms with Gasteiger partial charge in [0, 0.05) is 26.3 Å². The monoisotopic (exact) mass is 287 g/mol. The minimum atomic E-state index is -0.228. The first-order valence-corrected chi connectivity index (χ1v) is 7.00. The van der Waals surface area contributed by atoms with E-state index < -0.39 is 0 Å². The van der Waals surface area contributed by atoms with Crippen molar-refractivity contribution in [1.82, 2.24) is 10.3 Å². The lowest BCUT2D eigenvalue weighted by atomic mass is 10.1. The lowest BCUT2D eigenvalue weighted by Crippen LogP contribution is -2.41. The van der Waals surface area contributed by atoms with Gasteiger partial charge >= 0.3 is 0 Å². The van der Waals surface area contributed by atoms with Crippen molar-refractivity contribution in [3.63, 3.8) is 0 Å². The van der Waals surface area contributed by atoms with E-state index in [0.717, 1.165) is 17.7 Å². The minimum Gasteiger partial charge on any atom is -0.488 e. The zero-order valence-corrected chi connectivity index (χ0v) is 11.8. The van der Waals surface area contributed by atoms with Crippen LogP contribution in [0.25, 0.3) is 0 Å². The molecule has 3 rings (SSSR count). The Hall–Kier alpha value is -2.37. The fourth-order valence-electron chi connectivity index (χ4n) is 2.51. The number of rotatable bonds is 3. The molecule has 1 atom stereocenters. The van der Waals surface area contributed by atoms with Crippen molar-refractivity contribution in [1.29, 1.82) is 0 Å². The highest BCUT2D eigenvalue weighted by molar-refractivity contribution is 6.39. The molecule has 2 aliphatic heterocycles. The number of hydrogen-bond acceptors (Lipinski definition) is 4. The van der Waals surface area contributed by atoms with E-state index in [-0.39, 0.29) is 17.9 Å². The SMILES string of the molecule is CN1N=C(C(=O)NC[C@H]2Cc3ccccc3O2)CCC1=O. The summed E-state index contributed by atoms with van der Waals surface area (Å²) in [5.74, 6) is 0.590. The second kappa shape index (κ2) is 5.55. The van der Waals surface area contributed by atoms with Crippen molar-refractivity contribution >= 4 is 17.5 Å². The minimum absolute atomic E-state index is 0.0464. The Labute approximate surface area is 122 Å². The highest BCUT2D eigenvalue weighted by Crippen LogP contribution is 2.27. The van der Waals surface area contributed by atoms with Crippen LogP contribution in [0.5, 0.6) is 5.75 Å². The molecular formula is C15H17N3O3. The Morgan fingerprint density at radius 1 is 1.43 bits per heavy atom. The molecule has 2 heterocycles. The predicted octanol–water partition coefficient (Wildman–Crippen LogP) is 0.714. The second-order valence-corrected chi connectivity index (χ2v) is 5.23. The maximum Gasteiger partial charge on any atom is 0.267 e. The molecule has 21 heavy (non-hydrogen) atoms. The Bertz CT molecular complexity index is 587. The van der Waals surface area contributed by atoms with Gasteiger partial charge in [0.1, 0.15) is 17.6 Å². The molecule has 0 radical (unpaired) electrons. The average molecular weight is 287 g/mol. The third-order valence-corrected chi connectivity index (χ3v) is 3.67. The molecule has 0 saturated heterocycles. The fraction of sp³-hybridized carbons (Fsp3) is 0.400. The highest BCUT2D eigenvalue weighted by Gasteiger charge is 2.25. The fourth-order valence-corrected chi connectivity index (χ4v) is 2.51. The number of hydrazone groups is 1. The molecule has 110 valence electrons. The van der Waals surface area contributed by atoms with Crippen LogP contribution in [-0.4, -0.2) is 42.2 Å². The molecule has 1 aromatic carbocycles. The summed E-state index contributed by atoms with van der Waals surface area (Å²) in [7, 11) is 1.56. The van der Waals surface area contributed by atoms with Gasteiger partial charge in [-0.1, -0.05) is 18.2 Å². The molecule has 2 aliphatic rings. The van der Waals surface area contributed by atoms with Gasteiger partial charge in [0.05, 0.1) is 6.54 Å². The Morgan fingerprint density at radius 3 is 3.00 bits per heavy atom. The first-order chi connectivity index (χ1) is 10.1. The summed E-state index contributed by atoms with van der Waals surface area (Å²) in [4.78, 5) is 23.4. The number of amides is 2. The maximum absolute atomic E-state index is 12.0. The summed E-state index contributed by atoms with van der Waals surface area (Å²) in [6.45, 7) is 0.435. The first-order valence-electron chi connectivity index (χ1n) is 7.00. The van der Waals surface area contributed by atoms with Crippen LogP contribution in [0.4, 0.5) is 0 Å². The van der Waals surface area contributed by atoms with Gasteiger partial charge in [-0.25, -0.2) is 5.01 Å². The normalized spacial score (nSPS) is 20.6. The number of ether oxygens (including phenoxy) is 1. The van der Waals surface area contributed by atoms with E-state index in [2.05, 4.69) is 10.4 Å². The third-order valence-electron chi connectivity index (χ3n) is 3.67. The van der Waals surface area contributed by atoms with E-state index in [4.69, 9.17) is 4.74 Å². The standard InChI is InChI=1S/C15H17N3O3/c1-18-14(19)7-6-12(17-18)15(20)16-9-11-8-10-4-2-3-5-13(10)21-11/h2-5,11H,6-9H2,1H3,(H,16,20)/t11-/m1/s1. The van der Waals surface area contributed by atoms with Crippen LogP contribution < -0.4 is 10.1 Å². The van der Waals surface area contributed by atoms with Crippen molar-refractivity contribution < 1.29 is 14.3 Å². The van der Waals surface area contributed by atoms with Crippen LogP contribution in [0.2, 0.25) is 0 Å². The number of hydrogen-bond donors (Lipinski definition) is 1. The van der Waals surface area contributed by atoms with Crippen molar-refractivity contribution in [2.24, 2.45) is 5.10 Å². The molecule has 6 heteroatoms. The average Bonchev–Trinajstić information content (AvgIpc) is 2.90. The number of carbonyl (C=O) groups excluding carboxylic acids is 2. The summed E-state index contributed by atoms with van der Waals surface area (Å²) >= 11 is 0. The van der Waals surface area contributed by atoms with Crippen LogP contribution in [0.1, 0.15) is 18.4 Å². The molecule has 0 fully saturated rings. The summed E-state index contributed by atoms with van der Waals surface area (Å²) in [5.41, 5.74) is 1.56. The molecular weight excluding hydrogens is 270 g/mol. The largest absolute Gasteiger partial charge is 0.488 e. The maximum atomic E-state index is 12.0. The van der Waals surface area contributed by atoms with Crippen molar-refractivity contribution in [3.8, 4) is 5.75 Å². The van der Waals surface area contributed by atoms with Gasteiger partial charge in [0.15, 0.2) is 0 Å². The molecule has 0 saturated carbocycles. The van der Waals surface area contributed by atoms with E-state index in [1.54, 1.807) is 7.05 Å². The Morgan fingerprint density at radius 2 is 2.24 bits per heavy atom. The molecule has 0 spiro atoms. The smallest absolute Gasteiger partial charge is 0.267 e. The zero-order chi connectivity index (χ0) is 14.8. The van der Waals surface area contributed by atoms with Crippen molar-refractivity contribution in [2.75, 3.05) is 13.6 Å². The number of nitrogens with one attached hydrogen (secondary N) is 1. The lowest BCUT2D eigenvalue weighted by Gasteiger charge is -2.19. The zero-order valence-electron chi connectivity index (χ0n) is 11.8. The number of nitrogens with zero attached hydrogens (tertiary/aromatic N) is 2. The Balaban J connectivity index is 1.54. The van der Waals surface area contributed by atoms with Crippen molar-refractivity contribution in [3.05, 3.63) is 29.8 Å². The molecule has 0 aliphatic carbocycles. The second-order valence-electron chi connectivity index (χ2n) is 5.23. The van der Waals surface area contributed by atoms with E-state index in [0.29, 0.717) is 25.1 Å². The van der Waals surface area contributed by atoms with E-state index in [1.165, 1.54) is 5.01 Å². The van der Waals surface area contributed by atoms with Gasteiger partial charge in [-0.3, -0.25) is 9.59 Å². The predicted molar refractivity (Wildman–Crippen MR) is 77.0 cm³/mol. The van der Waals surface area contributed by atoms with Gasteiger partial charge in [0.25, 0.3) is 5.91 Å². The number of fused-ring (bicyclic) bond motifs is 1. The first kappa shape index (κ1) is 13.6. The molecule has 0 unspecified atom stereocenters. The van der Waals surface area contributed by atoms with E-state index >= 15 is 0 Å². The number of carbonyl (C=O) groups is 2. The van der Waals surface area contributed by atoms with Crippen LogP contribution in [0.3, 0.4) is 0 Å². The van der Waals surface area contributed by atoms with Gasteiger partial charge in [-0.15, -0.1) is 0 Å². The quantitative estimate of drug-likeness (QED) is 0.890. The summed E-state index contributed by atoms with van der Waals surface area (Å²) in [6.07, 6.45) is 1.46. The molecule has 6 nitrogen and oxygen atoms in total. The van der Waals surface area contributed by atoms with Crippen LogP contribution in [-0.2, 0) is 16.0 Å². The molecule has 0 bridgehead atoms. The molecule has 1 aromatic rings. The molecule has 0 aromatic heterocycles. The summed E-state index contributed by atoms with van der Waals surface area (Å²) < 4.78 is 5.76. The van der Waals surface area contributed by atoms with Crippen molar-refractivity contribution in [2.45, 2.75) is 25.4 Å². The van der Waals surface area contributed by atoms with Crippen LogP contribution >= 0.6 is 0 Å². The molecule has 1 N–H and O–H groups in total. The number of benzene rings is 1. The van der Waals surface area contributed by atoms with Crippen LogP contribution in [0, 0.1) is 0 Å². The number of para-hydroxylation sites is 1. The molecule has 2 amide bonds. The third kappa shape index (κ3) is 2.89. The van der Waals surface area contributed by atoms with E-state index in [9.17, 15) is 9.59 Å². The van der Waals surface area contributed by atoms with Gasteiger partial charge < -0.3 is 10.1 Å². The summed E-state index contributed by atoms with van der Waals surface area (Å²) in [5, 5.41) is 8.05. The van der Waals surface area contributed by atoms with Gasteiger partial charge in [-0.05, 0) is 11.6 Å². The van der Waals surface area contributed by atoms with Gasteiger partial charge in [-0.2, -0.15) is 5.10 Å². The summed E-state index contributed by atoms with van der Waals surface area (Å²) in [6, 6.07) is 7.88.